The summed E-state index contributed by atoms with van der Waals surface area (Å²) < 4.78 is 0. The third-order valence-electron chi connectivity index (χ3n) is 3.69. The highest BCUT2D eigenvalue weighted by atomic mass is 16.2. The predicted octanol–water partition coefficient (Wildman–Crippen LogP) is 1.07. The summed E-state index contributed by atoms with van der Waals surface area (Å²) >= 11 is 0. The molecule has 0 aromatic carbocycles. The third kappa shape index (κ3) is 2.37. The van der Waals surface area contributed by atoms with Gasteiger partial charge in [0, 0.05) is 36.3 Å². The van der Waals surface area contributed by atoms with Gasteiger partial charge in [-0.05, 0) is 30.5 Å². The lowest BCUT2D eigenvalue weighted by Crippen LogP contribution is -2.40. The first-order valence-corrected chi connectivity index (χ1v) is 6.88. The summed E-state index contributed by atoms with van der Waals surface area (Å²) in [4.78, 5) is 32.8. The first-order chi connectivity index (χ1) is 10.6. The lowest BCUT2D eigenvalue weighted by atomic mass is 9.98. The van der Waals surface area contributed by atoms with Crippen LogP contribution in [0.5, 0.6) is 0 Å². The van der Waals surface area contributed by atoms with Crippen molar-refractivity contribution in [2.24, 2.45) is 11.5 Å². The minimum atomic E-state index is -0.520. The number of nitrogens with two attached hydrogens (primary N) is 2. The lowest BCUT2D eigenvalue weighted by molar-refractivity contribution is 0.100. The zero-order valence-electron chi connectivity index (χ0n) is 11.8. The molecule has 3 heterocycles. The van der Waals surface area contributed by atoms with Crippen molar-refractivity contribution in [3.05, 3.63) is 41.9 Å². The molecule has 0 fully saturated rings. The fourth-order valence-corrected chi connectivity index (χ4v) is 2.66. The van der Waals surface area contributed by atoms with Gasteiger partial charge in [-0.3, -0.25) is 14.7 Å². The number of carbonyl (C=O) groups excluding carboxylic acids is 2. The summed E-state index contributed by atoms with van der Waals surface area (Å²) in [7, 11) is 0. The second-order valence-electron chi connectivity index (χ2n) is 5.09. The van der Waals surface area contributed by atoms with Crippen molar-refractivity contribution in [1.29, 1.82) is 0 Å². The molecule has 2 aromatic rings. The van der Waals surface area contributed by atoms with Crippen molar-refractivity contribution in [3.8, 4) is 11.1 Å². The van der Waals surface area contributed by atoms with Gasteiger partial charge in [-0.15, -0.1) is 0 Å². The van der Waals surface area contributed by atoms with Gasteiger partial charge in [-0.25, -0.2) is 9.78 Å². The van der Waals surface area contributed by atoms with E-state index >= 15 is 0 Å². The van der Waals surface area contributed by atoms with Gasteiger partial charge in [0.25, 0.3) is 0 Å². The Morgan fingerprint density at radius 3 is 2.77 bits per heavy atom. The molecule has 112 valence electrons. The van der Waals surface area contributed by atoms with E-state index in [1.165, 1.54) is 11.1 Å². The fraction of sp³-hybridized carbons (Fsp3) is 0.200. The number of hydrogen-bond donors (Lipinski definition) is 2. The Morgan fingerprint density at radius 1 is 1.23 bits per heavy atom. The molecule has 0 spiro atoms. The maximum atomic E-state index is 11.5. The molecule has 7 heteroatoms. The van der Waals surface area contributed by atoms with Crippen molar-refractivity contribution in [3.63, 3.8) is 0 Å². The van der Waals surface area contributed by atoms with Gasteiger partial charge in [0.15, 0.2) is 0 Å². The molecule has 0 unspecified atom stereocenters. The number of urea groups is 1. The summed E-state index contributed by atoms with van der Waals surface area (Å²) in [6, 6.07) is 2.97. The number of primary amides is 2. The highest BCUT2D eigenvalue weighted by Crippen LogP contribution is 2.30. The van der Waals surface area contributed by atoms with Crippen molar-refractivity contribution in [2.75, 3.05) is 11.4 Å². The Hall–Kier alpha value is -2.96. The van der Waals surface area contributed by atoms with Crippen molar-refractivity contribution in [1.82, 2.24) is 9.97 Å². The van der Waals surface area contributed by atoms with Crippen LogP contribution < -0.4 is 16.4 Å². The molecular formula is C15H15N5O2. The van der Waals surface area contributed by atoms with Crippen LogP contribution in [-0.2, 0) is 6.42 Å². The van der Waals surface area contributed by atoms with Crippen LogP contribution in [0.4, 0.5) is 10.6 Å². The normalized spacial score (nSPS) is 13.5. The molecule has 0 bridgehead atoms. The molecule has 1 aliphatic heterocycles. The summed E-state index contributed by atoms with van der Waals surface area (Å²) in [6.45, 7) is 0.564. The van der Waals surface area contributed by atoms with Gasteiger partial charge in [0.2, 0.25) is 5.91 Å². The van der Waals surface area contributed by atoms with Gasteiger partial charge < -0.3 is 11.5 Å². The quantitative estimate of drug-likeness (QED) is 0.862. The Kier molecular flexibility index (Phi) is 3.46. The minimum absolute atomic E-state index is 0.388. The molecule has 0 saturated carbocycles. The summed E-state index contributed by atoms with van der Waals surface area (Å²) in [5, 5.41) is 0. The molecule has 7 nitrogen and oxygen atoms in total. The summed E-state index contributed by atoms with van der Waals surface area (Å²) in [5.41, 5.74) is 13.4. The topological polar surface area (TPSA) is 115 Å². The number of hydrogen-bond acceptors (Lipinski definition) is 4. The number of aromatic nitrogens is 2. The monoisotopic (exact) mass is 297 g/mol. The molecule has 3 amide bonds. The molecule has 4 N–H and O–H groups in total. The first kappa shape index (κ1) is 14.0. The smallest absolute Gasteiger partial charge is 0.320 e. The maximum absolute atomic E-state index is 11.5. The van der Waals surface area contributed by atoms with Gasteiger partial charge in [0.1, 0.15) is 5.82 Å². The van der Waals surface area contributed by atoms with Gasteiger partial charge in [0.05, 0.1) is 5.56 Å². The van der Waals surface area contributed by atoms with E-state index in [-0.39, 0.29) is 0 Å². The van der Waals surface area contributed by atoms with Gasteiger partial charge >= 0.3 is 6.03 Å². The van der Waals surface area contributed by atoms with E-state index in [0.29, 0.717) is 23.5 Å². The first-order valence-electron chi connectivity index (χ1n) is 6.88. The average Bonchev–Trinajstić information content (AvgIpc) is 2.53. The Balaban J connectivity index is 2.08. The molecule has 1 aliphatic rings. The zero-order valence-corrected chi connectivity index (χ0v) is 11.8. The van der Waals surface area contributed by atoms with Crippen molar-refractivity contribution in [2.45, 2.75) is 12.8 Å². The van der Waals surface area contributed by atoms with Crippen molar-refractivity contribution >= 4 is 17.8 Å². The van der Waals surface area contributed by atoms with Crippen LogP contribution in [0.1, 0.15) is 22.3 Å². The molecule has 0 atom stereocenters. The van der Waals surface area contributed by atoms with E-state index in [1.807, 2.05) is 6.07 Å². The molecule has 2 aromatic heterocycles. The molecule has 0 saturated heterocycles. The lowest BCUT2D eigenvalue weighted by Gasteiger charge is -2.27. The van der Waals surface area contributed by atoms with Crippen LogP contribution in [0.3, 0.4) is 0 Å². The Bertz CT molecular complexity index is 759. The number of rotatable bonds is 2. The van der Waals surface area contributed by atoms with Crippen LogP contribution in [0.2, 0.25) is 0 Å². The molecular weight excluding hydrogens is 282 g/mol. The third-order valence-corrected chi connectivity index (χ3v) is 3.69. The number of amides is 3. The minimum Gasteiger partial charge on any atom is -0.366 e. The number of pyridine rings is 2. The number of fused-ring (bicyclic) bond motifs is 1. The van der Waals surface area contributed by atoms with E-state index < -0.39 is 11.9 Å². The number of carbonyl (C=O) groups is 2. The van der Waals surface area contributed by atoms with Crippen LogP contribution >= 0.6 is 0 Å². The van der Waals surface area contributed by atoms with Crippen molar-refractivity contribution < 1.29 is 9.59 Å². The van der Waals surface area contributed by atoms with Gasteiger partial charge in [-0.1, -0.05) is 0 Å². The molecule has 0 radical (unpaired) electrons. The largest absolute Gasteiger partial charge is 0.366 e. The number of aryl methyl sites for hydroxylation is 1. The highest BCUT2D eigenvalue weighted by molar-refractivity contribution is 5.99. The second kappa shape index (κ2) is 5.44. The Morgan fingerprint density at radius 2 is 2.05 bits per heavy atom. The zero-order chi connectivity index (χ0) is 15.7. The fourth-order valence-electron chi connectivity index (χ4n) is 2.66. The highest BCUT2D eigenvalue weighted by Gasteiger charge is 2.23. The SMILES string of the molecule is NC(=O)c1ccncc1-c1cnc2c(c1)CCCN2C(N)=O. The van der Waals surface area contributed by atoms with E-state index in [0.717, 1.165) is 24.0 Å². The second-order valence-corrected chi connectivity index (χ2v) is 5.09. The maximum Gasteiger partial charge on any atom is 0.320 e. The van der Waals surface area contributed by atoms with E-state index in [4.69, 9.17) is 11.5 Å². The van der Waals surface area contributed by atoms with E-state index in [9.17, 15) is 9.59 Å². The molecule has 0 aliphatic carbocycles. The van der Waals surface area contributed by atoms with E-state index in [1.54, 1.807) is 18.5 Å². The van der Waals surface area contributed by atoms with Crippen LogP contribution in [0.15, 0.2) is 30.7 Å². The predicted molar refractivity (Wildman–Crippen MR) is 81.2 cm³/mol. The van der Waals surface area contributed by atoms with Crippen LogP contribution in [0.25, 0.3) is 11.1 Å². The summed E-state index contributed by atoms with van der Waals surface area (Å²) in [6.07, 6.45) is 6.31. The van der Waals surface area contributed by atoms with Crippen LogP contribution in [-0.4, -0.2) is 28.5 Å². The average molecular weight is 297 g/mol. The standard InChI is InChI=1S/C15H15N5O2/c16-13(21)11-3-4-18-8-12(11)10-6-9-2-1-5-20(15(17)22)14(9)19-7-10/h3-4,6-8H,1-2,5H2,(H2,16,21)(H2,17,22). The summed E-state index contributed by atoms with van der Waals surface area (Å²) in [5.74, 6) is 0.0564. The Labute approximate surface area is 127 Å². The molecule has 3 rings (SSSR count). The number of nitrogens with zero attached hydrogens (tertiary/aromatic N) is 3. The molecule has 22 heavy (non-hydrogen) atoms. The van der Waals surface area contributed by atoms with Gasteiger partial charge in [-0.2, -0.15) is 0 Å². The van der Waals surface area contributed by atoms with Crippen LogP contribution in [0, 0.1) is 0 Å². The number of anilines is 1. The van der Waals surface area contributed by atoms with E-state index in [2.05, 4.69) is 9.97 Å².